The van der Waals surface area contributed by atoms with E-state index in [0.717, 1.165) is 18.4 Å². The van der Waals surface area contributed by atoms with Crippen LogP contribution in [-0.4, -0.2) is 67.4 Å². The molecule has 166 valence electrons. The van der Waals surface area contributed by atoms with Crippen LogP contribution >= 0.6 is 22.9 Å². The van der Waals surface area contributed by atoms with Crippen molar-refractivity contribution in [3.63, 3.8) is 0 Å². The molecule has 0 spiro atoms. The molecule has 0 aliphatic carbocycles. The molecule has 1 aromatic carbocycles. The van der Waals surface area contributed by atoms with Crippen LogP contribution < -0.4 is 5.32 Å². The Labute approximate surface area is 190 Å². The van der Waals surface area contributed by atoms with Crippen LogP contribution in [0.5, 0.6) is 0 Å². The van der Waals surface area contributed by atoms with Gasteiger partial charge in [0.15, 0.2) is 0 Å². The Kier molecular flexibility index (Phi) is 7.69. The minimum Gasteiger partial charge on any atom is -0.462 e. The molecule has 1 unspecified atom stereocenters. The molecule has 1 atom stereocenters. The van der Waals surface area contributed by atoms with Crippen LogP contribution in [0.25, 0.3) is 11.1 Å². The molecule has 1 N–H and O–H groups in total. The van der Waals surface area contributed by atoms with E-state index in [1.807, 2.05) is 22.4 Å². The minimum absolute atomic E-state index is 0.00124. The summed E-state index contributed by atoms with van der Waals surface area (Å²) in [5.41, 5.74) is 1.81. The van der Waals surface area contributed by atoms with Crippen LogP contribution in [0.3, 0.4) is 0 Å². The number of amides is 2. The minimum atomic E-state index is -0.495. The molecule has 1 aliphatic rings. The number of halogens is 1. The molecular formula is C22H26ClN3O4S. The average Bonchev–Trinajstić information content (AvgIpc) is 3.35. The van der Waals surface area contributed by atoms with Crippen molar-refractivity contribution in [3.8, 4) is 11.1 Å². The van der Waals surface area contributed by atoms with Gasteiger partial charge in [-0.1, -0.05) is 23.7 Å². The molecule has 0 radical (unpaired) electrons. The van der Waals surface area contributed by atoms with Gasteiger partial charge >= 0.3 is 5.97 Å². The first-order valence-electron chi connectivity index (χ1n) is 10.1. The van der Waals surface area contributed by atoms with Gasteiger partial charge in [-0.25, -0.2) is 4.79 Å². The largest absolute Gasteiger partial charge is 0.462 e. The molecule has 2 aromatic rings. The number of hydrogen-bond acceptors (Lipinski definition) is 6. The molecule has 31 heavy (non-hydrogen) atoms. The maximum Gasteiger partial charge on any atom is 0.341 e. The second-order valence-corrected chi connectivity index (χ2v) is 8.81. The van der Waals surface area contributed by atoms with Crippen molar-refractivity contribution in [1.29, 1.82) is 0 Å². The molecular weight excluding hydrogens is 438 g/mol. The zero-order chi connectivity index (χ0) is 22.5. The smallest absolute Gasteiger partial charge is 0.341 e. The van der Waals surface area contributed by atoms with Crippen LogP contribution in [0.15, 0.2) is 29.6 Å². The summed E-state index contributed by atoms with van der Waals surface area (Å²) in [6.07, 6.45) is 1.60. The Hall–Kier alpha value is -2.42. The molecule has 1 aromatic heterocycles. The van der Waals surface area contributed by atoms with Gasteiger partial charge in [-0.15, -0.1) is 11.3 Å². The summed E-state index contributed by atoms with van der Waals surface area (Å²) in [7, 11) is 3.43. The standard InChI is InChI=1S/C22H26ClN3O4S/c1-4-30-22(29)19-16(14-7-9-15(23)10-8-14)13-31-20(19)24-18(27)12-26-11-5-6-17(26)21(28)25(2)3/h7-10,13,17H,4-6,11-12H2,1-3H3,(H,24,27). The highest BCUT2D eigenvalue weighted by atomic mass is 35.5. The van der Waals surface area contributed by atoms with Crippen LogP contribution in [0, 0.1) is 0 Å². The fourth-order valence-corrected chi connectivity index (χ4v) is 4.74. The summed E-state index contributed by atoms with van der Waals surface area (Å²) in [5, 5.41) is 5.70. The van der Waals surface area contributed by atoms with E-state index in [1.165, 1.54) is 11.3 Å². The van der Waals surface area contributed by atoms with E-state index in [2.05, 4.69) is 5.32 Å². The van der Waals surface area contributed by atoms with Crippen molar-refractivity contribution in [1.82, 2.24) is 9.80 Å². The van der Waals surface area contributed by atoms with Gasteiger partial charge in [0.1, 0.15) is 10.6 Å². The van der Waals surface area contributed by atoms with E-state index < -0.39 is 5.97 Å². The SMILES string of the molecule is CCOC(=O)c1c(-c2ccc(Cl)cc2)csc1NC(=O)CN1CCCC1C(=O)N(C)C. The van der Waals surface area contributed by atoms with Crippen molar-refractivity contribution in [2.24, 2.45) is 0 Å². The van der Waals surface area contributed by atoms with Gasteiger partial charge in [0.05, 0.1) is 19.2 Å². The van der Waals surface area contributed by atoms with Crippen molar-refractivity contribution in [3.05, 3.63) is 40.2 Å². The lowest BCUT2D eigenvalue weighted by Crippen LogP contribution is -2.45. The zero-order valence-corrected chi connectivity index (χ0v) is 19.4. The molecule has 7 nitrogen and oxygen atoms in total. The number of carbonyl (C=O) groups is 3. The lowest BCUT2D eigenvalue weighted by atomic mass is 10.0. The highest BCUT2D eigenvalue weighted by Crippen LogP contribution is 2.36. The number of rotatable bonds is 7. The van der Waals surface area contributed by atoms with Gasteiger partial charge in [-0.05, 0) is 44.0 Å². The monoisotopic (exact) mass is 463 g/mol. The Morgan fingerprint density at radius 2 is 1.97 bits per heavy atom. The summed E-state index contributed by atoms with van der Waals surface area (Å²) in [6.45, 7) is 2.73. The van der Waals surface area contributed by atoms with E-state index in [1.54, 1.807) is 38.1 Å². The summed E-state index contributed by atoms with van der Waals surface area (Å²) in [5.74, 6) is -0.766. The Bertz CT molecular complexity index is 958. The zero-order valence-electron chi connectivity index (χ0n) is 17.8. The molecule has 2 heterocycles. The van der Waals surface area contributed by atoms with Crippen LogP contribution in [0.4, 0.5) is 5.00 Å². The average molecular weight is 464 g/mol. The lowest BCUT2D eigenvalue weighted by Gasteiger charge is -2.25. The van der Waals surface area contributed by atoms with Crippen molar-refractivity contribution < 1.29 is 19.1 Å². The normalized spacial score (nSPS) is 16.2. The second-order valence-electron chi connectivity index (χ2n) is 7.49. The van der Waals surface area contributed by atoms with E-state index in [9.17, 15) is 14.4 Å². The van der Waals surface area contributed by atoms with Gasteiger partial charge in [0.2, 0.25) is 11.8 Å². The summed E-state index contributed by atoms with van der Waals surface area (Å²) >= 11 is 7.25. The number of likely N-dealkylation sites (tertiary alicyclic amines) is 1. The number of benzene rings is 1. The van der Waals surface area contributed by atoms with Gasteiger partial charge < -0.3 is 15.0 Å². The maximum absolute atomic E-state index is 12.8. The number of carbonyl (C=O) groups excluding carboxylic acids is 3. The van der Waals surface area contributed by atoms with E-state index >= 15 is 0 Å². The molecule has 2 amide bonds. The number of likely N-dealkylation sites (N-methyl/N-ethyl adjacent to an activating group) is 1. The lowest BCUT2D eigenvalue weighted by molar-refractivity contribution is -0.133. The number of nitrogens with one attached hydrogen (secondary N) is 1. The Morgan fingerprint density at radius 3 is 2.61 bits per heavy atom. The summed E-state index contributed by atoms with van der Waals surface area (Å²) < 4.78 is 5.23. The van der Waals surface area contributed by atoms with Crippen molar-refractivity contribution in [2.75, 3.05) is 39.1 Å². The second kappa shape index (κ2) is 10.3. The van der Waals surface area contributed by atoms with E-state index in [-0.39, 0.29) is 31.0 Å². The predicted molar refractivity (Wildman–Crippen MR) is 123 cm³/mol. The molecule has 1 aliphatic heterocycles. The number of anilines is 1. The molecule has 1 saturated heterocycles. The van der Waals surface area contributed by atoms with Crippen molar-refractivity contribution in [2.45, 2.75) is 25.8 Å². The first kappa shape index (κ1) is 23.2. The van der Waals surface area contributed by atoms with Gasteiger partial charge in [0.25, 0.3) is 0 Å². The number of hydrogen-bond donors (Lipinski definition) is 1. The summed E-state index contributed by atoms with van der Waals surface area (Å²) in [4.78, 5) is 41.3. The third-order valence-corrected chi connectivity index (χ3v) is 6.26. The number of nitrogens with zero attached hydrogens (tertiary/aromatic N) is 2. The quantitative estimate of drug-likeness (QED) is 0.633. The molecule has 9 heteroatoms. The van der Waals surface area contributed by atoms with Gasteiger partial charge in [-0.3, -0.25) is 14.5 Å². The van der Waals surface area contributed by atoms with Crippen LogP contribution in [-0.2, 0) is 14.3 Å². The van der Waals surface area contributed by atoms with E-state index in [4.69, 9.17) is 16.3 Å². The topological polar surface area (TPSA) is 79.0 Å². The number of ether oxygens (including phenoxy) is 1. The summed E-state index contributed by atoms with van der Waals surface area (Å²) in [6, 6.07) is 6.84. The molecule has 1 fully saturated rings. The number of thiophene rings is 1. The number of esters is 1. The van der Waals surface area contributed by atoms with Crippen molar-refractivity contribution >= 4 is 45.7 Å². The fraction of sp³-hybridized carbons (Fsp3) is 0.409. The van der Waals surface area contributed by atoms with Crippen LogP contribution in [0.2, 0.25) is 5.02 Å². The van der Waals surface area contributed by atoms with Gasteiger partial charge in [-0.2, -0.15) is 0 Å². The molecule has 0 saturated carbocycles. The highest BCUT2D eigenvalue weighted by molar-refractivity contribution is 7.15. The Morgan fingerprint density at radius 1 is 1.26 bits per heavy atom. The third-order valence-electron chi connectivity index (χ3n) is 5.11. The molecule has 0 bridgehead atoms. The first-order chi connectivity index (χ1) is 14.8. The van der Waals surface area contributed by atoms with Crippen LogP contribution in [0.1, 0.15) is 30.1 Å². The highest BCUT2D eigenvalue weighted by Gasteiger charge is 2.33. The molecule has 3 rings (SSSR count). The third kappa shape index (κ3) is 5.44. The Balaban J connectivity index is 1.80. The first-order valence-corrected chi connectivity index (χ1v) is 11.4. The fourth-order valence-electron chi connectivity index (χ4n) is 3.64. The predicted octanol–water partition coefficient (Wildman–Crippen LogP) is 3.74. The maximum atomic E-state index is 12.8. The van der Waals surface area contributed by atoms with Gasteiger partial charge in [0, 0.05) is 30.1 Å². The van der Waals surface area contributed by atoms with E-state index in [0.29, 0.717) is 27.7 Å².